The summed E-state index contributed by atoms with van der Waals surface area (Å²) in [6.07, 6.45) is 4.84. The van der Waals surface area contributed by atoms with Crippen LogP contribution in [0.1, 0.15) is 32.1 Å². The monoisotopic (exact) mass is 248 g/mol. The summed E-state index contributed by atoms with van der Waals surface area (Å²) in [5, 5.41) is 2.51. The number of hydrogen-bond donors (Lipinski definition) is 3. The first-order valence-corrected chi connectivity index (χ1v) is 6.88. The van der Waals surface area contributed by atoms with Crippen LogP contribution in [0, 0.1) is 5.92 Å². The van der Waals surface area contributed by atoms with Gasteiger partial charge in [-0.1, -0.05) is 19.3 Å². The molecule has 1 saturated heterocycles. The average Bonchev–Trinajstić information content (AvgIpc) is 2.24. The summed E-state index contributed by atoms with van der Waals surface area (Å²) in [5.41, 5.74) is 5.55. The van der Waals surface area contributed by atoms with Crippen LogP contribution >= 0.6 is 0 Å². The molecule has 7 heteroatoms. The summed E-state index contributed by atoms with van der Waals surface area (Å²) in [7, 11) is -4.55. The number of amides is 1. The van der Waals surface area contributed by atoms with E-state index in [1.807, 2.05) is 0 Å². The van der Waals surface area contributed by atoms with Crippen LogP contribution in [0.25, 0.3) is 0 Å². The highest BCUT2D eigenvalue weighted by atomic mass is 32.2. The van der Waals surface area contributed by atoms with Crippen LogP contribution in [-0.2, 0) is 14.9 Å². The van der Waals surface area contributed by atoms with Crippen molar-refractivity contribution in [1.82, 2.24) is 5.32 Å². The highest BCUT2D eigenvalue weighted by Gasteiger charge is 2.63. The molecule has 1 saturated carbocycles. The molecule has 2 fully saturated rings. The van der Waals surface area contributed by atoms with E-state index in [-0.39, 0.29) is 5.92 Å². The minimum absolute atomic E-state index is 0.0541. The maximum atomic E-state index is 11.3. The van der Waals surface area contributed by atoms with Gasteiger partial charge in [-0.15, -0.1) is 0 Å². The summed E-state index contributed by atoms with van der Waals surface area (Å²) in [4.78, 5) is 9.15. The zero-order chi connectivity index (χ0) is 12.0. The lowest BCUT2D eigenvalue weighted by Crippen LogP contribution is -2.82. The van der Waals surface area contributed by atoms with Crippen molar-refractivity contribution in [2.24, 2.45) is 11.7 Å². The van der Waals surface area contributed by atoms with Crippen LogP contribution in [-0.4, -0.2) is 29.8 Å². The smallest absolute Gasteiger partial charge is 0.295 e. The third kappa shape index (κ3) is 1.54. The van der Waals surface area contributed by atoms with E-state index in [0.29, 0.717) is 0 Å². The van der Waals surface area contributed by atoms with Gasteiger partial charge >= 0.3 is 0 Å². The highest BCUT2D eigenvalue weighted by Crippen LogP contribution is 2.36. The molecular weight excluding hydrogens is 232 g/mol. The minimum Gasteiger partial charge on any atom is -0.347 e. The Hall–Kier alpha value is -0.660. The van der Waals surface area contributed by atoms with Crippen molar-refractivity contribution in [2.75, 3.05) is 0 Å². The van der Waals surface area contributed by atoms with E-state index >= 15 is 0 Å². The van der Waals surface area contributed by atoms with E-state index in [9.17, 15) is 13.2 Å². The molecule has 2 unspecified atom stereocenters. The lowest BCUT2D eigenvalue weighted by molar-refractivity contribution is -0.134. The molecule has 2 atom stereocenters. The number of hydrogen-bond acceptors (Lipinski definition) is 4. The van der Waals surface area contributed by atoms with Crippen molar-refractivity contribution in [3.63, 3.8) is 0 Å². The second kappa shape index (κ2) is 3.68. The summed E-state index contributed by atoms with van der Waals surface area (Å²) < 4.78 is 31.4. The molecule has 2 aliphatic rings. The van der Waals surface area contributed by atoms with Gasteiger partial charge in [0.2, 0.25) is 4.87 Å². The molecule has 92 valence electrons. The number of carbonyl (C=O) groups excluding carboxylic acids is 1. The third-order valence-electron chi connectivity index (χ3n) is 3.65. The van der Waals surface area contributed by atoms with Crippen LogP contribution in [0.2, 0.25) is 0 Å². The van der Waals surface area contributed by atoms with Crippen molar-refractivity contribution in [2.45, 2.75) is 43.0 Å². The fourth-order valence-electron chi connectivity index (χ4n) is 2.64. The molecule has 1 aliphatic heterocycles. The number of rotatable bonds is 2. The molecule has 0 bridgehead atoms. The molecule has 4 N–H and O–H groups in total. The Labute approximate surface area is 94.3 Å². The second-order valence-corrected chi connectivity index (χ2v) is 6.24. The van der Waals surface area contributed by atoms with Gasteiger partial charge in [0.15, 0.2) is 0 Å². The first-order valence-electron chi connectivity index (χ1n) is 5.44. The van der Waals surface area contributed by atoms with E-state index in [2.05, 4.69) is 5.32 Å². The van der Waals surface area contributed by atoms with Gasteiger partial charge in [-0.3, -0.25) is 9.35 Å². The largest absolute Gasteiger partial charge is 0.347 e. The van der Waals surface area contributed by atoms with Crippen molar-refractivity contribution in [1.29, 1.82) is 0 Å². The third-order valence-corrected chi connectivity index (χ3v) is 4.94. The molecule has 0 aromatic carbocycles. The van der Waals surface area contributed by atoms with Crippen molar-refractivity contribution < 1.29 is 17.8 Å². The molecule has 0 spiro atoms. The quantitative estimate of drug-likeness (QED) is 0.455. The normalized spacial score (nSPS) is 36.6. The van der Waals surface area contributed by atoms with E-state index in [1.54, 1.807) is 0 Å². The second-order valence-electron chi connectivity index (χ2n) is 4.62. The van der Waals surface area contributed by atoms with Gasteiger partial charge in [0.25, 0.3) is 16.0 Å². The van der Waals surface area contributed by atoms with E-state index < -0.39 is 26.9 Å². The Morgan fingerprint density at radius 2 is 1.88 bits per heavy atom. The van der Waals surface area contributed by atoms with Crippen molar-refractivity contribution in [3.05, 3.63) is 0 Å². The van der Waals surface area contributed by atoms with Crippen LogP contribution in [0.5, 0.6) is 0 Å². The molecule has 0 aromatic rings. The SMILES string of the molecule is NC1(S(=O)(=O)O)C(=O)NC1C1CCCCC1. The number of carbonyl (C=O) groups is 1. The highest BCUT2D eigenvalue weighted by molar-refractivity contribution is 7.88. The van der Waals surface area contributed by atoms with Crippen molar-refractivity contribution in [3.8, 4) is 0 Å². The molecule has 2 rings (SSSR count). The lowest BCUT2D eigenvalue weighted by Gasteiger charge is -2.47. The summed E-state index contributed by atoms with van der Waals surface area (Å²) in [6.45, 7) is 0. The van der Waals surface area contributed by atoms with Crippen LogP contribution in [0.4, 0.5) is 0 Å². The fraction of sp³-hybridized carbons (Fsp3) is 0.889. The first kappa shape index (κ1) is 11.8. The van der Waals surface area contributed by atoms with Crippen LogP contribution in [0.3, 0.4) is 0 Å². The molecular formula is C9H16N2O4S. The number of β-lactam (4-membered cyclic amide) rings is 1. The number of nitrogens with two attached hydrogens (primary N) is 1. The molecule has 0 aromatic heterocycles. The van der Waals surface area contributed by atoms with Crippen molar-refractivity contribution >= 4 is 16.0 Å². The van der Waals surface area contributed by atoms with E-state index in [1.165, 1.54) is 0 Å². The predicted octanol–water partition coefficient (Wildman–Crippen LogP) is -0.392. The Bertz CT molecular complexity index is 402. The minimum atomic E-state index is -4.55. The molecule has 16 heavy (non-hydrogen) atoms. The summed E-state index contributed by atoms with van der Waals surface area (Å²) in [6, 6.07) is -0.643. The Kier molecular flexibility index (Phi) is 2.72. The van der Waals surface area contributed by atoms with E-state index in [0.717, 1.165) is 32.1 Å². The predicted molar refractivity (Wildman–Crippen MR) is 57.0 cm³/mol. The van der Waals surface area contributed by atoms with Gasteiger partial charge in [0.1, 0.15) is 0 Å². The van der Waals surface area contributed by atoms with Gasteiger partial charge in [-0.2, -0.15) is 8.42 Å². The maximum absolute atomic E-state index is 11.3. The summed E-state index contributed by atoms with van der Waals surface area (Å²) >= 11 is 0. The molecule has 0 radical (unpaired) electrons. The Morgan fingerprint density at radius 3 is 2.31 bits per heavy atom. The first-order chi connectivity index (χ1) is 7.37. The zero-order valence-corrected chi connectivity index (χ0v) is 9.66. The maximum Gasteiger partial charge on any atom is 0.295 e. The summed E-state index contributed by atoms with van der Waals surface area (Å²) in [5.74, 6) is -0.746. The van der Waals surface area contributed by atoms with E-state index in [4.69, 9.17) is 10.3 Å². The van der Waals surface area contributed by atoms with Gasteiger partial charge in [0.05, 0.1) is 6.04 Å². The fourth-order valence-corrected chi connectivity index (χ4v) is 3.50. The molecule has 1 amide bonds. The number of nitrogens with one attached hydrogen (secondary N) is 1. The molecule has 6 nitrogen and oxygen atoms in total. The zero-order valence-electron chi connectivity index (χ0n) is 8.85. The lowest BCUT2D eigenvalue weighted by atomic mass is 9.77. The topological polar surface area (TPSA) is 109 Å². The van der Waals surface area contributed by atoms with Crippen LogP contribution in [0.15, 0.2) is 0 Å². The molecule has 1 aliphatic carbocycles. The Balaban J connectivity index is 2.21. The van der Waals surface area contributed by atoms with Gasteiger partial charge < -0.3 is 11.1 Å². The van der Waals surface area contributed by atoms with Gasteiger partial charge in [-0.25, -0.2) is 0 Å². The van der Waals surface area contributed by atoms with Gasteiger partial charge in [-0.05, 0) is 18.8 Å². The Morgan fingerprint density at radius 1 is 1.31 bits per heavy atom. The average molecular weight is 248 g/mol. The van der Waals surface area contributed by atoms with Crippen LogP contribution < -0.4 is 11.1 Å². The van der Waals surface area contributed by atoms with Gasteiger partial charge in [0, 0.05) is 0 Å². The standard InChI is InChI=1S/C9H16N2O4S/c10-9(16(13,14)15)7(11-8(9)12)6-4-2-1-3-5-6/h6-7H,1-5,10H2,(H,11,12)(H,13,14,15). The molecule has 1 heterocycles.